The molecule has 1 aromatic rings. The molecule has 0 spiro atoms. The highest BCUT2D eigenvalue weighted by atomic mass is 32.2. The number of amides is 1. The molecule has 1 aliphatic heterocycles. The average molecular weight is 250 g/mol. The highest BCUT2D eigenvalue weighted by molar-refractivity contribution is 8.01. The van der Waals surface area contributed by atoms with Gasteiger partial charge in [-0.25, -0.2) is 0 Å². The highest BCUT2D eigenvalue weighted by Gasteiger charge is 2.31. The number of carboxylic acid groups (broad SMARTS) is 1. The van der Waals surface area contributed by atoms with Crippen LogP contribution in [0.3, 0.4) is 0 Å². The molecule has 1 unspecified atom stereocenters. The van der Waals surface area contributed by atoms with Crippen LogP contribution in [0.25, 0.3) is 0 Å². The third-order valence-electron chi connectivity index (χ3n) is 2.62. The first-order chi connectivity index (χ1) is 8.13. The van der Waals surface area contributed by atoms with E-state index in [1.165, 1.54) is 16.7 Å². The van der Waals surface area contributed by atoms with E-state index < -0.39 is 5.97 Å². The van der Waals surface area contributed by atoms with Gasteiger partial charge in [-0.2, -0.15) is 0 Å². The molecule has 1 amide bonds. The molecule has 0 aliphatic carbocycles. The molecule has 5 heteroatoms. The molecular weight excluding hydrogens is 238 g/mol. The summed E-state index contributed by atoms with van der Waals surface area (Å²) < 4.78 is 0. The fourth-order valence-corrected chi connectivity index (χ4v) is 2.98. The summed E-state index contributed by atoms with van der Waals surface area (Å²) in [7, 11) is 0. The van der Waals surface area contributed by atoms with Crippen molar-refractivity contribution in [1.82, 2.24) is 0 Å². The van der Waals surface area contributed by atoms with Crippen LogP contribution in [0.1, 0.15) is 13.3 Å². The summed E-state index contributed by atoms with van der Waals surface area (Å²) in [6.45, 7) is 1.54. The van der Waals surface area contributed by atoms with Crippen molar-refractivity contribution in [1.29, 1.82) is 0 Å². The largest absolute Gasteiger partial charge is 0.548 e. The number of fused-ring (bicyclic) bond motifs is 1. The van der Waals surface area contributed by atoms with Gasteiger partial charge in [-0.05, 0) is 18.6 Å². The Morgan fingerprint density at radius 3 is 2.82 bits per heavy atom. The molecule has 1 atom stereocenters. The van der Waals surface area contributed by atoms with Crippen molar-refractivity contribution in [2.75, 3.05) is 11.4 Å². The molecule has 0 aromatic heterocycles. The van der Waals surface area contributed by atoms with Crippen molar-refractivity contribution in [2.24, 2.45) is 0 Å². The minimum Gasteiger partial charge on any atom is -0.548 e. The zero-order valence-electron chi connectivity index (χ0n) is 9.38. The summed E-state index contributed by atoms with van der Waals surface area (Å²) in [4.78, 5) is 25.0. The van der Waals surface area contributed by atoms with Gasteiger partial charge in [-0.3, -0.25) is 4.79 Å². The van der Waals surface area contributed by atoms with E-state index in [0.717, 1.165) is 4.90 Å². The molecule has 4 nitrogen and oxygen atoms in total. The number of hydrogen-bond donors (Lipinski definition) is 0. The second kappa shape index (κ2) is 4.79. The molecule has 1 heterocycles. The maximum atomic E-state index is 12.1. The number of nitrogens with zero attached hydrogens (tertiary/aromatic N) is 1. The van der Waals surface area contributed by atoms with Crippen LogP contribution >= 0.6 is 11.8 Å². The topological polar surface area (TPSA) is 60.4 Å². The normalized spacial score (nSPS) is 19.0. The van der Waals surface area contributed by atoms with Gasteiger partial charge in [-0.15, -0.1) is 11.8 Å². The number of para-hydroxylation sites is 1. The lowest BCUT2D eigenvalue weighted by atomic mass is 10.2. The molecule has 0 bridgehead atoms. The van der Waals surface area contributed by atoms with Crippen LogP contribution in [-0.2, 0) is 9.59 Å². The lowest BCUT2D eigenvalue weighted by molar-refractivity contribution is -0.303. The van der Waals surface area contributed by atoms with E-state index in [9.17, 15) is 14.7 Å². The summed E-state index contributed by atoms with van der Waals surface area (Å²) in [6, 6.07) is 7.33. The number of thioether (sulfide) groups is 1. The van der Waals surface area contributed by atoms with Gasteiger partial charge in [0.05, 0.1) is 23.5 Å². The van der Waals surface area contributed by atoms with Crippen LogP contribution < -0.4 is 10.0 Å². The molecule has 1 aromatic carbocycles. The van der Waals surface area contributed by atoms with E-state index in [4.69, 9.17) is 0 Å². The second-order valence-electron chi connectivity index (χ2n) is 3.78. The summed E-state index contributed by atoms with van der Waals surface area (Å²) in [5.74, 6) is -1.39. The number of rotatable bonds is 3. The predicted octanol–water partition coefficient (Wildman–Crippen LogP) is 0.654. The van der Waals surface area contributed by atoms with Crippen molar-refractivity contribution >= 4 is 29.3 Å². The number of benzene rings is 1. The monoisotopic (exact) mass is 250 g/mol. The molecule has 0 fully saturated rings. The summed E-state index contributed by atoms with van der Waals surface area (Å²) in [5.41, 5.74) is 0.663. The Morgan fingerprint density at radius 2 is 2.18 bits per heavy atom. The van der Waals surface area contributed by atoms with Crippen LogP contribution in [0.2, 0.25) is 0 Å². The molecular formula is C12H12NO3S-. The average Bonchev–Trinajstić information content (AvgIpc) is 2.32. The molecule has 0 saturated heterocycles. The summed E-state index contributed by atoms with van der Waals surface area (Å²) in [6.07, 6.45) is 0.682. The maximum Gasteiger partial charge on any atom is 0.240 e. The van der Waals surface area contributed by atoms with E-state index in [1.807, 2.05) is 19.1 Å². The van der Waals surface area contributed by atoms with Crippen molar-refractivity contribution in [3.8, 4) is 0 Å². The number of carbonyl (C=O) groups is 2. The zero-order valence-corrected chi connectivity index (χ0v) is 10.2. The summed E-state index contributed by atoms with van der Waals surface area (Å²) >= 11 is 1.49. The van der Waals surface area contributed by atoms with Gasteiger partial charge in [0, 0.05) is 4.90 Å². The first kappa shape index (κ1) is 12.0. The van der Waals surface area contributed by atoms with Gasteiger partial charge < -0.3 is 14.8 Å². The Bertz CT molecular complexity index is 461. The number of hydrogen-bond acceptors (Lipinski definition) is 4. The second-order valence-corrected chi connectivity index (χ2v) is 5.02. The minimum atomic E-state index is -1.24. The third kappa shape index (κ3) is 2.29. The SMILES string of the molecule is CCC1Sc2ccccc2N(CC(=O)[O-])C1=O. The zero-order chi connectivity index (χ0) is 12.4. The Kier molecular flexibility index (Phi) is 3.38. The number of carboxylic acids is 1. The maximum absolute atomic E-state index is 12.1. The fourth-order valence-electron chi connectivity index (χ4n) is 1.83. The first-order valence-corrected chi connectivity index (χ1v) is 6.28. The van der Waals surface area contributed by atoms with Crippen molar-refractivity contribution in [2.45, 2.75) is 23.5 Å². The standard InChI is InChI=1S/C12H13NO3S/c1-2-9-12(16)13(7-11(14)15)8-5-3-4-6-10(8)17-9/h3-6,9H,2,7H2,1H3,(H,14,15)/p-1. The van der Waals surface area contributed by atoms with Crippen molar-refractivity contribution in [3.05, 3.63) is 24.3 Å². The number of carbonyl (C=O) groups excluding carboxylic acids is 2. The Labute approximate surface area is 104 Å². The Balaban J connectivity index is 2.40. The molecule has 2 rings (SSSR count). The van der Waals surface area contributed by atoms with Crippen LogP contribution in [0.15, 0.2) is 29.2 Å². The first-order valence-electron chi connectivity index (χ1n) is 5.40. The van der Waals surface area contributed by atoms with Crippen LogP contribution in [0.4, 0.5) is 5.69 Å². The van der Waals surface area contributed by atoms with Crippen LogP contribution in [0, 0.1) is 0 Å². The van der Waals surface area contributed by atoms with Gasteiger partial charge in [0.25, 0.3) is 0 Å². The lowest BCUT2D eigenvalue weighted by Gasteiger charge is -2.33. The molecule has 17 heavy (non-hydrogen) atoms. The van der Waals surface area contributed by atoms with E-state index in [0.29, 0.717) is 12.1 Å². The molecule has 1 aliphatic rings. The van der Waals surface area contributed by atoms with E-state index in [-0.39, 0.29) is 17.7 Å². The molecule has 0 saturated carbocycles. The van der Waals surface area contributed by atoms with Crippen LogP contribution in [0.5, 0.6) is 0 Å². The van der Waals surface area contributed by atoms with E-state index in [2.05, 4.69) is 0 Å². The number of anilines is 1. The summed E-state index contributed by atoms with van der Waals surface area (Å²) in [5, 5.41) is 10.5. The van der Waals surface area contributed by atoms with Crippen molar-refractivity contribution < 1.29 is 14.7 Å². The van der Waals surface area contributed by atoms with Gasteiger partial charge >= 0.3 is 0 Å². The minimum absolute atomic E-state index is 0.152. The smallest absolute Gasteiger partial charge is 0.240 e. The number of aliphatic carboxylic acids is 1. The molecule has 0 radical (unpaired) electrons. The molecule has 90 valence electrons. The lowest BCUT2D eigenvalue weighted by Crippen LogP contribution is -2.47. The fraction of sp³-hybridized carbons (Fsp3) is 0.333. The van der Waals surface area contributed by atoms with Gasteiger partial charge in [0.15, 0.2) is 0 Å². The van der Waals surface area contributed by atoms with Gasteiger partial charge in [0.1, 0.15) is 0 Å². The van der Waals surface area contributed by atoms with E-state index >= 15 is 0 Å². The third-order valence-corrected chi connectivity index (χ3v) is 4.04. The van der Waals surface area contributed by atoms with Crippen LogP contribution in [-0.4, -0.2) is 23.7 Å². The van der Waals surface area contributed by atoms with E-state index in [1.54, 1.807) is 12.1 Å². The Hall–Kier alpha value is -1.49. The van der Waals surface area contributed by atoms with Crippen molar-refractivity contribution in [3.63, 3.8) is 0 Å². The quantitative estimate of drug-likeness (QED) is 0.790. The van der Waals surface area contributed by atoms with Gasteiger partial charge in [-0.1, -0.05) is 19.1 Å². The Morgan fingerprint density at radius 1 is 1.47 bits per heavy atom. The predicted molar refractivity (Wildman–Crippen MR) is 63.7 cm³/mol. The van der Waals surface area contributed by atoms with Gasteiger partial charge in [0.2, 0.25) is 5.91 Å². The molecule has 0 N–H and O–H groups in total. The highest BCUT2D eigenvalue weighted by Crippen LogP contribution is 2.39.